The minimum absolute atomic E-state index is 0.260. The molecular weight excluding hydrogens is 134 g/mol. The average Bonchev–Trinajstić information content (AvgIpc) is 2.40. The highest BCUT2D eigenvalue weighted by Crippen LogP contribution is 1.95. The first kappa shape index (κ1) is 6.85. The number of hydrogen-bond acceptors (Lipinski definition) is 3. The summed E-state index contributed by atoms with van der Waals surface area (Å²) < 4.78 is 0. The highest BCUT2D eigenvalue weighted by atomic mass is 16.6. The van der Waals surface area contributed by atoms with Crippen molar-refractivity contribution >= 4 is 11.9 Å². The predicted molar refractivity (Wildman–Crippen MR) is 35.6 cm³/mol. The molecule has 1 heterocycles. The third-order valence-electron chi connectivity index (χ3n) is 1.09. The van der Waals surface area contributed by atoms with Gasteiger partial charge in [0.15, 0.2) is 5.84 Å². The van der Waals surface area contributed by atoms with Crippen molar-refractivity contribution in [3.05, 3.63) is 0 Å². The molecule has 0 aromatic heterocycles. The smallest absolute Gasteiger partial charge is 0.319 e. The van der Waals surface area contributed by atoms with E-state index in [-0.39, 0.29) is 6.03 Å². The third kappa shape index (κ3) is 1.61. The zero-order valence-corrected chi connectivity index (χ0v) is 5.68. The van der Waals surface area contributed by atoms with Crippen LogP contribution >= 0.6 is 0 Å². The molecule has 0 radical (unpaired) electrons. The molecular formula is C5H9N3O2. The monoisotopic (exact) mass is 143 g/mol. The predicted octanol–water partition coefficient (Wildman–Crippen LogP) is -0.351. The second kappa shape index (κ2) is 3.05. The number of hydrogen-bond donors (Lipinski definition) is 2. The van der Waals surface area contributed by atoms with Crippen LogP contribution in [-0.4, -0.2) is 25.5 Å². The van der Waals surface area contributed by atoms with E-state index in [2.05, 4.69) is 20.6 Å². The molecule has 0 unspecified atom stereocenters. The summed E-state index contributed by atoms with van der Waals surface area (Å²) in [6.45, 7) is 0.555. The van der Waals surface area contributed by atoms with Crippen molar-refractivity contribution in [2.75, 3.05) is 13.7 Å². The molecule has 0 aromatic rings. The second-order valence-electron chi connectivity index (χ2n) is 1.83. The molecule has 0 atom stereocenters. The van der Waals surface area contributed by atoms with Gasteiger partial charge in [-0.15, -0.1) is 0 Å². The number of amidine groups is 1. The van der Waals surface area contributed by atoms with E-state index in [1.807, 2.05) is 0 Å². The van der Waals surface area contributed by atoms with Crippen LogP contribution in [-0.2, 0) is 4.84 Å². The minimum atomic E-state index is -0.260. The number of nitrogens with zero attached hydrogens (tertiary/aromatic N) is 1. The van der Waals surface area contributed by atoms with E-state index in [0.29, 0.717) is 18.9 Å². The Kier molecular flexibility index (Phi) is 2.09. The average molecular weight is 143 g/mol. The van der Waals surface area contributed by atoms with Gasteiger partial charge in [-0.2, -0.15) is 0 Å². The number of rotatable bonds is 0. The number of nitrogens with one attached hydrogen (secondary N) is 2. The van der Waals surface area contributed by atoms with Gasteiger partial charge in [-0.1, -0.05) is 5.16 Å². The van der Waals surface area contributed by atoms with E-state index >= 15 is 0 Å². The Morgan fingerprint density at radius 2 is 2.60 bits per heavy atom. The van der Waals surface area contributed by atoms with Crippen molar-refractivity contribution in [1.29, 1.82) is 0 Å². The van der Waals surface area contributed by atoms with E-state index in [9.17, 15) is 4.79 Å². The SMILES string of the molecule is CNC(=O)NC1=NOCC1. The van der Waals surface area contributed by atoms with Crippen molar-refractivity contribution in [2.24, 2.45) is 5.16 Å². The maximum absolute atomic E-state index is 10.6. The maximum atomic E-state index is 10.6. The molecule has 0 aliphatic carbocycles. The maximum Gasteiger partial charge on any atom is 0.319 e. The number of urea groups is 1. The third-order valence-corrected chi connectivity index (χ3v) is 1.09. The zero-order valence-electron chi connectivity index (χ0n) is 5.68. The summed E-state index contributed by atoms with van der Waals surface area (Å²) in [5.74, 6) is 0.583. The van der Waals surface area contributed by atoms with Crippen LogP contribution in [0.5, 0.6) is 0 Å². The normalized spacial score (nSPS) is 15.5. The second-order valence-corrected chi connectivity index (χ2v) is 1.83. The molecule has 0 spiro atoms. The minimum Gasteiger partial charge on any atom is -0.394 e. The van der Waals surface area contributed by atoms with Gasteiger partial charge in [0, 0.05) is 13.5 Å². The van der Waals surface area contributed by atoms with E-state index < -0.39 is 0 Å². The van der Waals surface area contributed by atoms with Crippen molar-refractivity contribution < 1.29 is 9.63 Å². The van der Waals surface area contributed by atoms with Crippen molar-refractivity contribution in [3.8, 4) is 0 Å². The van der Waals surface area contributed by atoms with Crippen LogP contribution in [0.25, 0.3) is 0 Å². The highest BCUT2D eigenvalue weighted by Gasteiger charge is 2.09. The summed E-state index contributed by atoms with van der Waals surface area (Å²) in [6.07, 6.45) is 0.674. The molecule has 56 valence electrons. The Morgan fingerprint density at radius 1 is 1.80 bits per heavy atom. The lowest BCUT2D eigenvalue weighted by Gasteiger charge is -1.98. The summed E-state index contributed by atoms with van der Waals surface area (Å²) in [5, 5.41) is 8.48. The molecule has 10 heavy (non-hydrogen) atoms. The molecule has 1 rings (SSSR count). The first-order chi connectivity index (χ1) is 4.83. The topological polar surface area (TPSA) is 62.7 Å². The highest BCUT2D eigenvalue weighted by molar-refractivity contribution is 5.97. The molecule has 0 bridgehead atoms. The molecule has 5 heteroatoms. The lowest BCUT2D eigenvalue weighted by atomic mass is 10.4. The van der Waals surface area contributed by atoms with Crippen molar-refractivity contribution in [3.63, 3.8) is 0 Å². The molecule has 5 nitrogen and oxygen atoms in total. The molecule has 0 saturated carbocycles. The Labute approximate surface area is 58.4 Å². The molecule has 0 aromatic carbocycles. The van der Waals surface area contributed by atoms with Crippen LogP contribution in [0, 0.1) is 0 Å². The summed E-state index contributed by atoms with van der Waals surface area (Å²) in [7, 11) is 1.55. The van der Waals surface area contributed by atoms with Gasteiger partial charge in [-0.3, -0.25) is 5.32 Å². The Balaban J connectivity index is 2.30. The van der Waals surface area contributed by atoms with Crippen molar-refractivity contribution in [2.45, 2.75) is 6.42 Å². The van der Waals surface area contributed by atoms with E-state index in [0.717, 1.165) is 0 Å². The van der Waals surface area contributed by atoms with Gasteiger partial charge in [0.1, 0.15) is 6.61 Å². The molecule has 0 fully saturated rings. The fourth-order valence-corrected chi connectivity index (χ4v) is 0.590. The van der Waals surface area contributed by atoms with Gasteiger partial charge in [-0.05, 0) is 0 Å². The lowest BCUT2D eigenvalue weighted by Crippen LogP contribution is -2.36. The molecule has 0 saturated heterocycles. The molecule has 2 N–H and O–H groups in total. The van der Waals surface area contributed by atoms with Crippen LogP contribution in [0.1, 0.15) is 6.42 Å². The molecule has 1 aliphatic rings. The largest absolute Gasteiger partial charge is 0.394 e. The summed E-state index contributed by atoms with van der Waals surface area (Å²) in [4.78, 5) is 15.3. The Bertz CT molecular complexity index is 166. The fourth-order valence-electron chi connectivity index (χ4n) is 0.590. The summed E-state index contributed by atoms with van der Waals surface area (Å²) in [6, 6.07) is -0.260. The van der Waals surface area contributed by atoms with Gasteiger partial charge >= 0.3 is 6.03 Å². The van der Waals surface area contributed by atoms with Gasteiger partial charge < -0.3 is 10.2 Å². The summed E-state index contributed by atoms with van der Waals surface area (Å²) in [5.41, 5.74) is 0. The van der Waals surface area contributed by atoms with Crippen LogP contribution in [0.4, 0.5) is 4.79 Å². The summed E-state index contributed by atoms with van der Waals surface area (Å²) >= 11 is 0. The standard InChI is InChI=1S/C5H9N3O2/c1-6-5(9)7-4-2-3-10-8-4/h2-3H2,1H3,(H2,6,7,8,9). The van der Waals surface area contributed by atoms with Crippen molar-refractivity contribution in [1.82, 2.24) is 10.6 Å². The van der Waals surface area contributed by atoms with E-state index in [1.54, 1.807) is 7.05 Å². The van der Waals surface area contributed by atoms with Gasteiger partial charge in [0.25, 0.3) is 0 Å². The number of carbonyl (C=O) groups is 1. The molecule has 1 aliphatic heterocycles. The van der Waals surface area contributed by atoms with Crippen LogP contribution in [0.15, 0.2) is 5.16 Å². The van der Waals surface area contributed by atoms with Gasteiger partial charge in [0.2, 0.25) is 0 Å². The number of oxime groups is 1. The number of carbonyl (C=O) groups excluding carboxylic acids is 1. The number of amides is 2. The Hall–Kier alpha value is -1.26. The molecule has 2 amide bonds. The first-order valence-electron chi connectivity index (χ1n) is 3.00. The van der Waals surface area contributed by atoms with E-state index in [1.165, 1.54) is 0 Å². The zero-order chi connectivity index (χ0) is 7.40. The van der Waals surface area contributed by atoms with Crippen LogP contribution in [0.3, 0.4) is 0 Å². The first-order valence-corrected chi connectivity index (χ1v) is 3.00. The van der Waals surface area contributed by atoms with Crippen LogP contribution < -0.4 is 10.6 Å². The van der Waals surface area contributed by atoms with Gasteiger partial charge in [0.05, 0.1) is 0 Å². The van der Waals surface area contributed by atoms with Gasteiger partial charge in [-0.25, -0.2) is 4.79 Å². The van der Waals surface area contributed by atoms with E-state index in [4.69, 9.17) is 0 Å². The quantitative estimate of drug-likeness (QED) is 0.486. The fraction of sp³-hybridized carbons (Fsp3) is 0.600. The van der Waals surface area contributed by atoms with Crippen LogP contribution in [0.2, 0.25) is 0 Å². The lowest BCUT2D eigenvalue weighted by molar-refractivity contribution is 0.173. The Morgan fingerprint density at radius 3 is 3.10 bits per heavy atom.